The SMILES string of the molecule is C=CC(=O)N1CCN(Sc2ccc(C)cc2)CC1. The zero-order valence-corrected chi connectivity index (χ0v) is 11.4. The lowest BCUT2D eigenvalue weighted by Gasteiger charge is -2.33. The molecule has 1 amide bonds. The van der Waals surface area contributed by atoms with Gasteiger partial charge < -0.3 is 4.90 Å². The number of carbonyl (C=O) groups is 1. The van der Waals surface area contributed by atoms with E-state index in [1.54, 1.807) is 11.9 Å². The van der Waals surface area contributed by atoms with Crippen LogP contribution in [0.4, 0.5) is 0 Å². The second kappa shape index (κ2) is 6.07. The molecule has 0 unspecified atom stereocenters. The van der Waals surface area contributed by atoms with Crippen molar-refractivity contribution in [3.8, 4) is 0 Å². The molecule has 0 N–H and O–H groups in total. The third kappa shape index (κ3) is 3.37. The highest BCUT2D eigenvalue weighted by Crippen LogP contribution is 2.24. The van der Waals surface area contributed by atoms with Crippen LogP contribution in [0.3, 0.4) is 0 Å². The van der Waals surface area contributed by atoms with Crippen LogP contribution in [-0.4, -0.2) is 41.3 Å². The Balaban J connectivity index is 1.85. The van der Waals surface area contributed by atoms with Crippen molar-refractivity contribution in [1.82, 2.24) is 9.21 Å². The highest BCUT2D eigenvalue weighted by molar-refractivity contribution is 7.97. The van der Waals surface area contributed by atoms with Crippen LogP contribution < -0.4 is 0 Å². The first-order valence-corrected chi connectivity index (χ1v) is 6.87. The fourth-order valence-electron chi connectivity index (χ4n) is 1.88. The lowest BCUT2D eigenvalue weighted by atomic mass is 10.2. The van der Waals surface area contributed by atoms with Gasteiger partial charge in [-0.3, -0.25) is 4.79 Å². The number of benzene rings is 1. The molecule has 4 heteroatoms. The normalized spacial score (nSPS) is 16.6. The Morgan fingerprint density at radius 1 is 1.22 bits per heavy atom. The third-order valence-electron chi connectivity index (χ3n) is 2.98. The van der Waals surface area contributed by atoms with Crippen LogP contribution in [-0.2, 0) is 4.79 Å². The summed E-state index contributed by atoms with van der Waals surface area (Å²) in [6, 6.07) is 8.53. The molecule has 0 aromatic heterocycles. The highest BCUT2D eigenvalue weighted by atomic mass is 32.2. The molecule has 2 rings (SSSR count). The van der Waals surface area contributed by atoms with E-state index in [-0.39, 0.29) is 5.91 Å². The van der Waals surface area contributed by atoms with E-state index in [0.717, 1.165) is 26.2 Å². The van der Waals surface area contributed by atoms with E-state index < -0.39 is 0 Å². The summed E-state index contributed by atoms with van der Waals surface area (Å²) in [6.45, 7) is 8.98. The Kier molecular flexibility index (Phi) is 4.44. The van der Waals surface area contributed by atoms with Gasteiger partial charge in [0, 0.05) is 31.1 Å². The van der Waals surface area contributed by atoms with Crippen LogP contribution in [0.1, 0.15) is 5.56 Å². The number of hydrogen-bond acceptors (Lipinski definition) is 3. The summed E-state index contributed by atoms with van der Waals surface area (Å²) in [4.78, 5) is 14.6. The average Bonchev–Trinajstić information content (AvgIpc) is 2.41. The van der Waals surface area contributed by atoms with Gasteiger partial charge in [-0.05, 0) is 37.1 Å². The van der Waals surface area contributed by atoms with E-state index in [1.165, 1.54) is 16.5 Å². The number of piperazine rings is 1. The Morgan fingerprint density at radius 3 is 2.39 bits per heavy atom. The molecule has 3 nitrogen and oxygen atoms in total. The van der Waals surface area contributed by atoms with Gasteiger partial charge in [-0.15, -0.1) is 0 Å². The molecule has 0 saturated carbocycles. The zero-order chi connectivity index (χ0) is 13.0. The van der Waals surface area contributed by atoms with Crippen LogP contribution in [0.15, 0.2) is 41.8 Å². The third-order valence-corrected chi connectivity index (χ3v) is 4.09. The number of nitrogens with zero attached hydrogens (tertiary/aromatic N) is 2. The van der Waals surface area contributed by atoms with Crippen molar-refractivity contribution >= 4 is 17.9 Å². The summed E-state index contributed by atoms with van der Waals surface area (Å²) in [5, 5.41) is 0. The first-order chi connectivity index (χ1) is 8.69. The molecule has 0 bridgehead atoms. The van der Waals surface area contributed by atoms with Crippen molar-refractivity contribution in [3.63, 3.8) is 0 Å². The van der Waals surface area contributed by atoms with Gasteiger partial charge in [0.15, 0.2) is 0 Å². The van der Waals surface area contributed by atoms with Gasteiger partial charge in [0.2, 0.25) is 5.91 Å². The highest BCUT2D eigenvalue weighted by Gasteiger charge is 2.19. The minimum absolute atomic E-state index is 0.0370. The monoisotopic (exact) mass is 262 g/mol. The van der Waals surface area contributed by atoms with Crippen LogP contribution in [0.2, 0.25) is 0 Å². The molecular weight excluding hydrogens is 244 g/mol. The molecule has 0 atom stereocenters. The first kappa shape index (κ1) is 13.2. The standard InChI is InChI=1S/C14H18N2OS/c1-3-14(17)15-8-10-16(11-9-15)18-13-6-4-12(2)5-7-13/h3-7H,1,8-11H2,2H3. The smallest absolute Gasteiger partial charge is 0.246 e. The summed E-state index contributed by atoms with van der Waals surface area (Å²) in [5.41, 5.74) is 1.28. The van der Waals surface area contributed by atoms with Gasteiger partial charge >= 0.3 is 0 Å². The summed E-state index contributed by atoms with van der Waals surface area (Å²) >= 11 is 1.76. The van der Waals surface area contributed by atoms with Crippen LogP contribution >= 0.6 is 11.9 Å². The molecule has 1 aromatic carbocycles. The second-order valence-corrected chi connectivity index (χ2v) is 5.53. The molecule has 1 fully saturated rings. The molecule has 1 aliphatic rings. The number of rotatable bonds is 3. The van der Waals surface area contributed by atoms with Crippen LogP contribution in [0, 0.1) is 6.92 Å². The van der Waals surface area contributed by atoms with Gasteiger partial charge in [0.25, 0.3) is 0 Å². The van der Waals surface area contributed by atoms with E-state index >= 15 is 0 Å². The van der Waals surface area contributed by atoms with Crippen molar-refractivity contribution in [2.24, 2.45) is 0 Å². The zero-order valence-electron chi connectivity index (χ0n) is 10.6. The molecule has 0 radical (unpaired) electrons. The molecule has 0 spiro atoms. The molecule has 96 valence electrons. The van der Waals surface area contributed by atoms with Crippen molar-refractivity contribution in [2.45, 2.75) is 11.8 Å². The maximum atomic E-state index is 11.5. The van der Waals surface area contributed by atoms with Crippen molar-refractivity contribution in [1.29, 1.82) is 0 Å². The fraction of sp³-hybridized carbons (Fsp3) is 0.357. The molecule has 1 saturated heterocycles. The predicted molar refractivity (Wildman–Crippen MR) is 75.4 cm³/mol. The van der Waals surface area contributed by atoms with E-state index in [4.69, 9.17) is 0 Å². The Bertz CT molecular complexity index is 422. The number of hydrogen-bond donors (Lipinski definition) is 0. The van der Waals surface area contributed by atoms with Crippen molar-refractivity contribution < 1.29 is 4.79 Å². The molecule has 0 aliphatic carbocycles. The van der Waals surface area contributed by atoms with Crippen LogP contribution in [0.5, 0.6) is 0 Å². The minimum Gasteiger partial charge on any atom is -0.337 e. The molecular formula is C14H18N2OS. The first-order valence-electron chi connectivity index (χ1n) is 6.10. The minimum atomic E-state index is 0.0370. The fourth-order valence-corrected chi connectivity index (χ4v) is 2.78. The summed E-state index contributed by atoms with van der Waals surface area (Å²) < 4.78 is 2.30. The Labute approximate surface area is 113 Å². The average molecular weight is 262 g/mol. The summed E-state index contributed by atoms with van der Waals surface area (Å²) in [6.07, 6.45) is 1.39. The largest absolute Gasteiger partial charge is 0.337 e. The summed E-state index contributed by atoms with van der Waals surface area (Å²) in [5.74, 6) is 0.0370. The second-order valence-electron chi connectivity index (χ2n) is 4.36. The van der Waals surface area contributed by atoms with Gasteiger partial charge in [0.1, 0.15) is 0 Å². The maximum Gasteiger partial charge on any atom is 0.246 e. The summed E-state index contributed by atoms with van der Waals surface area (Å²) in [7, 11) is 0. The van der Waals surface area contributed by atoms with E-state index in [0.29, 0.717) is 0 Å². The quantitative estimate of drug-likeness (QED) is 0.617. The number of amides is 1. The van der Waals surface area contributed by atoms with Crippen molar-refractivity contribution in [2.75, 3.05) is 26.2 Å². The predicted octanol–water partition coefficient (Wildman–Crippen LogP) is 2.33. The maximum absolute atomic E-state index is 11.5. The van der Waals surface area contributed by atoms with E-state index in [2.05, 4.69) is 42.1 Å². The van der Waals surface area contributed by atoms with E-state index in [1.807, 2.05) is 4.90 Å². The van der Waals surface area contributed by atoms with Crippen LogP contribution in [0.25, 0.3) is 0 Å². The Hall–Kier alpha value is -1.26. The molecule has 18 heavy (non-hydrogen) atoms. The molecule has 1 heterocycles. The van der Waals surface area contributed by atoms with Crippen molar-refractivity contribution in [3.05, 3.63) is 42.5 Å². The lowest BCUT2D eigenvalue weighted by Crippen LogP contribution is -2.45. The molecule has 1 aliphatic heterocycles. The van der Waals surface area contributed by atoms with Gasteiger partial charge in [0.05, 0.1) is 0 Å². The molecule has 1 aromatic rings. The van der Waals surface area contributed by atoms with Gasteiger partial charge in [-0.1, -0.05) is 24.3 Å². The lowest BCUT2D eigenvalue weighted by molar-refractivity contribution is -0.127. The topological polar surface area (TPSA) is 23.6 Å². The van der Waals surface area contributed by atoms with Gasteiger partial charge in [-0.25, -0.2) is 4.31 Å². The number of aryl methyl sites for hydroxylation is 1. The van der Waals surface area contributed by atoms with Gasteiger partial charge in [-0.2, -0.15) is 0 Å². The number of carbonyl (C=O) groups excluding carboxylic acids is 1. The Morgan fingerprint density at radius 2 is 1.83 bits per heavy atom. The van der Waals surface area contributed by atoms with E-state index in [9.17, 15) is 4.79 Å².